The SMILES string of the molecule is CCOC(=O)c1cc(NC(=O)c2c(-c3ccc(F)cc3)noc2C)cc(C(=O)OCC)c1. The molecule has 2 aromatic carbocycles. The predicted molar refractivity (Wildman–Crippen MR) is 113 cm³/mol. The Morgan fingerprint density at radius 2 is 1.53 bits per heavy atom. The van der Waals surface area contributed by atoms with Gasteiger partial charge in [0.25, 0.3) is 5.91 Å². The molecule has 0 bridgehead atoms. The maximum absolute atomic E-state index is 13.3. The molecule has 1 heterocycles. The number of anilines is 1. The molecule has 0 atom stereocenters. The molecule has 0 fully saturated rings. The lowest BCUT2D eigenvalue weighted by molar-refractivity contribution is 0.0525. The van der Waals surface area contributed by atoms with E-state index in [0.717, 1.165) is 0 Å². The van der Waals surface area contributed by atoms with Crippen molar-refractivity contribution < 1.29 is 32.8 Å². The lowest BCUT2D eigenvalue weighted by Gasteiger charge is -2.11. The first-order valence-corrected chi connectivity index (χ1v) is 9.86. The minimum Gasteiger partial charge on any atom is -0.462 e. The van der Waals surface area contributed by atoms with Crippen LogP contribution < -0.4 is 5.32 Å². The van der Waals surface area contributed by atoms with Gasteiger partial charge in [-0.05, 0) is 63.2 Å². The van der Waals surface area contributed by atoms with E-state index >= 15 is 0 Å². The van der Waals surface area contributed by atoms with Crippen molar-refractivity contribution in [2.45, 2.75) is 20.8 Å². The number of aromatic nitrogens is 1. The number of ether oxygens (including phenoxy) is 2. The van der Waals surface area contributed by atoms with E-state index in [2.05, 4.69) is 10.5 Å². The average molecular weight is 440 g/mol. The summed E-state index contributed by atoms with van der Waals surface area (Å²) in [7, 11) is 0. The molecule has 0 saturated heterocycles. The molecule has 32 heavy (non-hydrogen) atoms. The molecule has 0 aliphatic heterocycles. The molecule has 8 nitrogen and oxygen atoms in total. The van der Waals surface area contributed by atoms with Gasteiger partial charge in [-0.25, -0.2) is 14.0 Å². The van der Waals surface area contributed by atoms with Gasteiger partial charge in [0.1, 0.15) is 22.8 Å². The third-order valence-electron chi connectivity index (χ3n) is 4.42. The fourth-order valence-corrected chi connectivity index (χ4v) is 3.00. The molecular formula is C23H21FN2O6. The van der Waals surface area contributed by atoms with Crippen LogP contribution in [0.4, 0.5) is 10.1 Å². The summed E-state index contributed by atoms with van der Waals surface area (Å²) in [5.74, 6) is -2.07. The van der Waals surface area contributed by atoms with Crippen molar-refractivity contribution in [2.24, 2.45) is 0 Å². The van der Waals surface area contributed by atoms with Crippen LogP contribution in [0.3, 0.4) is 0 Å². The maximum atomic E-state index is 13.3. The Labute approximate surface area is 183 Å². The highest BCUT2D eigenvalue weighted by Crippen LogP contribution is 2.27. The first-order valence-electron chi connectivity index (χ1n) is 9.86. The summed E-state index contributed by atoms with van der Waals surface area (Å²) in [6, 6.07) is 9.55. The van der Waals surface area contributed by atoms with Gasteiger partial charge in [-0.3, -0.25) is 4.79 Å². The number of halogens is 1. The van der Waals surface area contributed by atoms with E-state index in [1.54, 1.807) is 20.8 Å². The minimum absolute atomic E-state index is 0.0773. The Bertz CT molecular complexity index is 1120. The number of nitrogens with one attached hydrogen (secondary N) is 1. The zero-order valence-corrected chi connectivity index (χ0v) is 17.7. The van der Waals surface area contributed by atoms with Gasteiger partial charge in [0.15, 0.2) is 0 Å². The predicted octanol–water partition coefficient (Wildman–Crippen LogP) is 4.39. The number of amides is 1. The summed E-state index contributed by atoms with van der Waals surface area (Å²) >= 11 is 0. The van der Waals surface area contributed by atoms with Crippen LogP contribution in [-0.4, -0.2) is 36.2 Å². The third kappa shape index (κ3) is 5.00. The molecule has 0 saturated carbocycles. The van der Waals surface area contributed by atoms with Crippen molar-refractivity contribution in [1.82, 2.24) is 5.16 Å². The summed E-state index contributed by atoms with van der Waals surface area (Å²) in [6.45, 7) is 5.16. The van der Waals surface area contributed by atoms with E-state index < -0.39 is 23.7 Å². The number of benzene rings is 2. The Morgan fingerprint density at radius 3 is 2.06 bits per heavy atom. The smallest absolute Gasteiger partial charge is 0.338 e. The van der Waals surface area contributed by atoms with Crippen LogP contribution in [0.2, 0.25) is 0 Å². The second-order valence-corrected chi connectivity index (χ2v) is 6.66. The Morgan fingerprint density at radius 1 is 0.969 bits per heavy atom. The average Bonchev–Trinajstić information content (AvgIpc) is 3.16. The summed E-state index contributed by atoms with van der Waals surface area (Å²) in [5, 5.41) is 6.56. The van der Waals surface area contributed by atoms with Gasteiger partial charge in [0.05, 0.1) is 24.3 Å². The summed E-state index contributed by atoms with van der Waals surface area (Å²) in [4.78, 5) is 37.5. The van der Waals surface area contributed by atoms with Gasteiger partial charge in [0, 0.05) is 11.3 Å². The number of aryl methyl sites for hydroxylation is 1. The van der Waals surface area contributed by atoms with Crippen LogP contribution in [0.5, 0.6) is 0 Å². The van der Waals surface area contributed by atoms with E-state index in [1.807, 2.05) is 0 Å². The molecule has 0 radical (unpaired) electrons. The zero-order valence-electron chi connectivity index (χ0n) is 17.7. The fourth-order valence-electron chi connectivity index (χ4n) is 3.00. The van der Waals surface area contributed by atoms with Gasteiger partial charge in [-0.1, -0.05) is 5.16 Å². The topological polar surface area (TPSA) is 108 Å². The molecule has 9 heteroatoms. The van der Waals surface area contributed by atoms with E-state index in [4.69, 9.17) is 14.0 Å². The van der Waals surface area contributed by atoms with Crippen molar-refractivity contribution in [3.63, 3.8) is 0 Å². The summed E-state index contributed by atoms with van der Waals surface area (Å²) < 4.78 is 28.4. The second kappa shape index (κ2) is 9.86. The zero-order chi connectivity index (χ0) is 23.3. The monoisotopic (exact) mass is 440 g/mol. The minimum atomic E-state index is -0.651. The molecule has 3 rings (SSSR count). The Balaban J connectivity index is 1.97. The Hall–Kier alpha value is -4.01. The quantitative estimate of drug-likeness (QED) is 0.543. The van der Waals surface area contributed by atoms with Gasteiger partial charge in [0.2, 0.25) is 0 Å². The van der Waals surface area contributed by atoms with Gasteiger partial charge < -0.3 is 19.3 Å². The van der Waals surface area contributed by atoms with E-state index in [9.17, 15) is 18.8 Å². The number of rotatable bonds is 7. The summed E-state index contributed by atoms with van der Waals surface area (Å²) in [6.07, 6.45) is 0. The van der Waals surface area contributed by atoms with E-state index in [1.165, 1.54) is 42.5 Å². The van der Waals surface area contributed by atoms with E-state index in [0.29, 0.717) is 5.56 Å². The van der Waals surface area contributed by atoms with Crippen LogP contribution in [0, 0.1) is 12.7 Å². The standard InChI is InChI=1S/C23H21FN2O6/c1-4-30-22(28)15-10-16(23(29)31-5-2)12-18(11-15)25-21(27)19-13(3)32-26-20(19)14-6-8-17(24)9-7-14/h6-12H,4-5H2,1-3H3,(H,25,27). The number of esters is 2. The number of nitrogens with zero attached hydrogens (tertiary/aromatic N) is 1. The van der Waals surface area contributed by atoms with Crippen molar-refractivity contribution in [2.75, 3.05) is 18.5 Å². The van der Waals surface area contributed by atoms with Gasteiger partial charge in [-0.15, -0.1) is 0 Å². The molecule has 1 amide bonds. The first-order chi connectivity index (χ1) is 15.3. The molecule has 1 N–H and O–H groups in total. The summed E-state index contributed by atoms with van der Waals surface area (Å²) in [5.41, 5.74) is 1.18. The second-order valence-electron chi connectivity index (χ2n) is 6.66. The maximum Gasteiger partial charge on any atom is 0.338 e. The molecule has 1 aromatic heterocycles. The molecule has 166 valence electrons. The number of hydrogen-bond acceptors (Lipinski definition) is 7. The lowest BCUT2D eigenvalue weighted by Crippen LogP contribution is -2.16. The van der Waals surface area contributed by atoms with Crippen molar-refractivity contribution in [3.05, 3.63) is 70.7 Å². The number of carbonyl (C=O) groups is 3. The first kappa shape index (κ1) is 22.7. The van der Waals surface area contributed by atoms with Crippen molar-refractivity contribution >= 4 is 23.5 Å². The molecule has 0 aliphatic carbocycles. The highest BCUT2D eigenvalue weighted by atomic mass is 19.1. The molecular weight excluding hydrogens is 419 g/mol. The number of carbonyl (C=O) groups excluding carboxylic acids is 3. The Kier molecular flexibility index (Phi) is 6.99. The van der Waals surface area contributed by atoms with Crippen LogP contribution in [0.25, 0.3) is 11.3 Å². The molecule has 3 aromatic rings. The van der Waals surface area contributed by atoms with Crippen molar-refractivity contribution in [3.8, 4) is 11.3 Å². The van der Waals surface area contributed by atoms with Crippen LogP contribution in [-0.2, 0) is 9.47 Å². The van der Waals surface area contributed by atoms with Crippen LogP contribution in [0.15, 0.2) is 47.0 Å². The fraction of sp³-hybridized carbons (Fsp3) is 0.217. The van der Waals surface area contributed by atoms with Crippen LogP contribution in [0.1, 0.15) is 50.7 Å². The van der Waals surface area contributed by atoms with E-state index in [-0.39, 0.29) is 47.0 Å². The molecule has 0 spiro atoms. The third-order valence-corrected chi connectivity index (χ3v) is 4.42. The lowest BCUT2D eigenvalue weighted by atomic mass is 10.0. The van der Waals surface area contributed by atoms with Crippen LogP contribution >= 0.6 is 0 Å². The number of hydrogen-bond donors (Lipinski definition) is 1. The highest BCUT2D eigenvalue weighted by Gasteiger charge is 2.23. The molecule has 0 unspecified atom stereocenters. The highest BCUT2D eigenvalue weighted by molar-refractivity contribution is 6.09. The molecule has 0 aliphatic rings. The van der Waals surface area contributed by atoms with Gasteiger partial charge >= 0.3 is 11.9 Å². The largest absolute Gasteiger partial charge is 0.462 e. The van der Waals surface area contributed by atoms with Crippen molar-refractivity contribution in [1.29, 1.82) is 0 Å². The normalized spacial score (nSPS) is 10.5. The van der Waals surface area contributed by atoms with Gasteiger partial charge in [-0.2, -0.15) is 0 Å².